The standard InChI is InChI=1S/C43H31N/c1-3-13-39-41-28-32(23-25-43(41)44(42(39)4-2)33-16-6-5-7-17-33)30-15-12-14-29(26-30)31-22-24-38-36-20-9-8-18-34(36)35-19-10-11-21-37(35)40(38)27-31/h3-28H,2H2,1H3/b13-3-. The minimum Gasteiger partial charge on any atom is -0.309 e. The van der Waals surface area contributed by atoms with E-state index in [0.717, 1.165) is 11.4 Å². The first kappa shape index (κ1) is 26.0. The van der Waals surface area contributed by atoms with Gasteiger partial charge in [0.15, 0.2) is 0 Å². The Morgan fingerprint density at radius 3 is 1.61 bits per heavy atom. The summed E-state index contributed by atoms with van der Waals surface area (Å²) in [6, 6.07) is 50.7. The van der Waals surface area contributed by atoms with Crippen LogP contribution >= 0.6 is 0 Å². The van der Waals surface area contributed by atoms with Gasteiger partial charge >= 0.3 is 0 Å². The quantitative estimate of drug-likeness (QED) is 0.184. The maximum atomic E-state index is 4.18. The van der Waals surface area contributed by atoms with E-state index in [1.807, 2.05) is 6.08 Å². The zero-order valence-corrected chi connectivity index (χ0v) is 24.7. The van der Waals surface area contributed by atoms with E-state index in [4.69, 9.17) is 0 Å². The summed E-state index contributed by atoms with van der Waals surface area (Å²) < 4.78 is 2.31. The van der Waals surface area contributed by atoms with E-state index in [1.54, 1.807) is 0 Å². The molecule has 0 unspecified atom stereocenters. The first-order chi connectivity index (χ1) is 21.7. The van der Waals surface area contributed by atoms with Crippen LogP contribution in [0.25, 0.3) is 83.3 Å². The van der Waals surface area contributed by atoms with Crippen molar-refractivity contribution in [3.63, 3.8) is 0 Å². The van der Waals surface area contributed by atoms with Gasteiger partial charge in [-0.25, -0.2) is 0 Å². The Kier molecular flexibility index (Phi) is 6.24. The number of allylic oxidation sites excluding steroid dienone is 1. The molecule has 0 amide bonds. The molecule has 44 heavy (non-hydrogen) atoms. The molecule has 0 saturated heterocycles. The molecule has 7 aromatic carbocycles. The van der Waals surface area contributed by atoms with Crippen molar-refractivity contribution in [3.8, 4) is 27.9 Å². The third-order valence-corrected chi connectivity index (χ3v) is 8.86. The van der Waals surface area contributed by atoms with E-state index in [0.29, 0.717) is 0 Å². The number of aromatic nitrogens is 1. The highest BCUT2D eigenvalue weighted by atomic mass is 15.0. The summed E-state index contributed by atoms with van der Waals surface area (Å²) in [6.45, 7) is 6.25. The summed E-state index contributed by atoms with van der Waals surface area (Å²) in [5.41, 5.74) is 9.43. The topological polar surface area (TPSA) is 4.93 Å². The molecule has 0 radical (unpaired) electrons. The molecule has 0 aliphatic rings. The molecule has 1 nitrogen and oxygen atoms in total. The number of rotatable bonds is 5. The average Bonchev–Trinajstić information content (AvgIpc) is 3.41. The van der Waals surface area contributed by atoms with Crippen LogP contribution in [0.5, 0.6) is 0 Å². The second kappa shape index (κ2) is 10.6. The first-order valence-electron chi connectivity index (χ1n) is 15.2. The number of benzene rings is 7. The fourth-order valence-corrected chi connectivity index (χ4v) is 6.88. The van der Waals surface area contributed by atoms with Gasteiger partial charge in [0.2, 0.25) is 0 Å². The van der Waals surface area contributed by atoms with Gasteiger partial charge in [-0.2, -0.15) is 0 Å². The van der Waals surface area contributed by atoms with Crippen molar-refractivity contribution in [2.24, 2.45) is 0 Å². The molecule has 1 heterocycles. The zero-order chi connectivity index (χ0) is 29.6. The minimum absolute atomic E-state index is 1.10. The van der Waals surface area contributed by atoms with Crippen LogP contribution in [0.1, 0.15) is 18.2 Å². The number of nitrogens with zero attached hydrogens (tertiary/aromatic N) is 1. The number of hydrogen-bond donors (Lipinski definition) is 0. The van der Waals surface area contributed by atoms with Crippen LogP contribution in [0, 0.1) is 0 Å². The Bertz CT molecular complexity index is 2370. The van der Waals surface area contributed by atoms with Crippen LogP contribution in [-0.4, -0.2) is 4.57 Å². The molecule has 8 rings (SSSR count). The molecule has 0 fully saturated rings. The fraction of sp³-hybridized carbons (Fsp3) is 0.0233. The molecule has 0 aliphatic carbocycles. The lowest BCUT2D eigenvalue weighted by molar-refractivity contribution is 1.11. The summed E-state index contributed by atoms with van der Waals surface area (Å²) in [5, 5.41) is 9.00. The third kappa shape index (κ3) is 4.09. The molecule has 0 atom stereocenters. The van der Waals surface area contributed by atoms with Crippen LogP contribution in [0.15, 0.2) is 152 Å². The highest BCUT2D eigenvalue weighted by molar-refractivity contribution is 6.25. The predicted molar refractivity (Wildman–Crippen MR) is 191 cm³/mol. The zero-order valence-electron chi connectivity index (χ0n) is 24.7. The molecule has 8 aromatic rings. The molecule has 1 heteroatoms. The van der Waals surface area contributed by atoms with Crippen LogP contribution in [0.2, 0.25) is 0 Å². The number of para-hydroxylation sites is 1. The Balaban J connectivity index is 1.29. The van der Waals surface area contributed by atoms with Gasteiger partial charge < -0.3 is 4.57 Å². The van der Waals surface area contributed by atoms with Crippen molar-refractivity contribution in [3.05, 3.63) is 163 Å². The normalized spacial score (nSPS) is 11.8. The fourth-order valence-electron chi connectivity index (χ4n) is 6.88. The number of fused-ring (bicyclic) bond motifs is 7. The van der Waals surface area contributed by atoms with Gasteiger partial charge in [-0.15, -0.1) is 0 Å². The van der Waals surface area contributed by atoms with E-state index >= 15 is 0 Å². The van der Waals surface area contributed by atoms with Crippen molar-refractivity contribution in [2.75, 3.05) is 0 Å². The summed E-state index contributed by atoms with van der Waals surface area (Å²) in [5.74, 6) is 0. The lowest BCUT2D eigenvalue weighted by Gasteiger charge is -2.13. The van der Waals surface area contributed by atoms with Crippen molar-refractivity contribution < 1.29 is 0 Å². The largest absolute Gasteiger partial charge is 0.309 e. The van der Waals surface area contributed by atoms with E-state index in [-0.39, 0.29) is 0 Å². The summed E-state index contributed by atoms with van der Waals surface area (Å²) in [4.78, 5) is 0. The molecule has 0 aliphatic heterocycles. The number of hydrogen-bond acceptors (Lipinski definition) is 0. The van der Waals surface area contributed by atoms with Crippen LogP contribution in [0.4, 0.5) is 0 Å². The molecule has 1 aromatic heterocycles. The average molecular weight is 562 g/mol. The Morgan fingerprint density at radius 1 is 0.477 bits per heavy atom. The van der Waals surface area contributed by atoms with Crippen LogP contribution in [0.3, 0.4) is 0 Å². The van der Waals surface area contributed by atoms with Crippen molar-refractivity contribution in [1.29, 1.82) is 0 Å². The van der Waals surface area contributed by atoms with E-state index in [1.165, 1.54) is 71.0 Å². The van der Waals surface area contributed by atoms with Crippen molar-refractivity contribution in [2.45, 2.75) is 6.92 Å². The maximum absolute atomic E-state index is 4.18. The second-order valence-corrected chi connectivity index (χ2v) is 11.3. The first-order valence-corrected chi connectivity index (χ1v) is 15.2. The van der Waals surface area contributed by atoms with Gasteiger partial charge in [0, 0.05) is 16.6 Å². The highest BCUT2D eigenvalue weighted by Gasteiger charge is 2.16. The molecule has 0 saturated carbocycles. The highest BCUT2D eigenvalue weighted by Crippen LogP contribution is 2.39. The van der Waals surface area contributed by atoms with Crippen molar-refractivity contribution >= 4 is 55.4 Å². The molecule has 0 N–H and O–H groups in total. The summed E-state index contributed by atoms with van der Waals surface area (Å²) >= 11 is 0. The van der Waals surface area contributed by atoms with Gasteiger partial charge in [0.05, 0.1) is 11.2 Å². The van der Waals surface area contributed by atoms with E-state index in [9.17, 15) is 0 Å². The van der Waals surface area contributed by atoms with Gasteiger partial charge in [0.1, 0.15) is 0 Å². The van der Waals surface area contributed by atoms with Crippen molar-refractivity contribution in [1.82, 2.24) is 4.57 Å². The van der Waals surface area contributed by atoms with Gasteiger partial charge in [0.25, 0.3) is 0 Å². The molecule has 0 bridgehead atoms. The summed E-state index contributed by atoms with van der Waals surface area (Å²) in [6.07, 6.45) is 6.27. The Morgan fingerprint density at radius 2 is 1.00 bits per heavy atom. The smallest absolute Gasteiger partial charge is 0.0541 e. The maximum Gasteiger partial charge on any atom is 0.0541 e. The van der Waals surface area contributed by atoms with Gasteiger partial charge in [-0.05, 0) is 104 Å². The molecular formula is C43H31N. The molecule has 208 valence electrons. The van der Waals surface area contributed by atoms with Gasteiger partial charge in [-0.3, -0.25) is 0 Å². The Hall–Kier alpha value is -5.66. The van der Waals surface area contributed by atoms with Crippen LogP contribution in [-0.2, 0) is 0 Å². The second-order valence-electron chi connectivity index (χ2n) is 11.3. The minimum atomic E-state index is 1.10. The van der Waals surface area contributed by atoms with Gasteiger partial charge in [-0.1, -0.05) is 122 Å². The Labute approximate surface area is 257 Å². The third-order valence-electron chi connectivity index (χ3n) is 8.86. The lowest BCUT2D eigenvalue weighted by atomic mass is 9.91. The molecule has 0 spiro atoms. The predicted octanol–water partition coefficient (Wildman–Crippen LogP) is 12.1. The lowest BCUT2D eigenvalue weighted by Crippen LogP contribution is -1.96. The van der Waals surface area contributed by atoms with Crippen LogP contribution < -0.4 is 0 Å². The molecular weight excluding hydrogens is 530 g/mol. The monoisotopic (exact) mass is 561 g/mol. The van der Waals surface area contributed by atoms with E-state index < -0.39 is 0 Å². The van der Waals surface area contributed by atoms with E-state index in [2.05, 4.69) is 170 Å². The SMILES string of the molecule is C=Cc1c(/C=C\C)c2cc(-c3cccc(-c4ccc5c6ccccc6c6ccccc6c5c4)c3)ccc2n1-c1ccccc1. The summed E-state index contributed by atoms with van der Waals surface area (Å²) in [7, 11) is 0.